The number of H-pyrrole nitrogens is 2. The van der Waals surface area contributed by atoms with E-state index in [1.54, 1.807) is 7.11 Å². The minimum absolute atomic E-state index is 0.0219. The van der Waals surface area contributed by atoms with Gasteiger partial charge in [-0.1, -0.05) is 36.4 Å². The van der Waals surface area contributed by atoms with Crippen molar-refractivity contribution in [3.8, 4) is 5.75 Å². The van der Waals surface area contributed by atoms with E-state index >= 15 is 0 Å². The lowest BCUT2D eigenvalue weighted by Gasteiger charge is -2.27. The second kappa shape index (κ2) is 7.51. The highest BCUT2D eigenvalue weighted by Gasteiger charge is 2.47. The summed E-state index contributed by atoms with van der Waals surface area (Å²) in [6.07, 6.45) is 5.11. The molecule has 2 heterocycles. The van der Waals surface area contributed by atoms with Crippen molar-refractivity contribution >= 4 is 27.9 Å². The molecule has 0 radical (unpaired) electrons. The largest absolute Gasteiger partial charge is 0.494 e. The number of methoxy groups -OCH3 is 1. The standard InChI is InChI=1S/C25H25N5O2/c1-32-22-11-17(13-26-23(22)24(31)19-12-20(19)25-27-29-28-25)30(14-15-9-10-15)21-8-4-6-16-5-2-3-7-18(16)21/h2-8,11,13,15,19-20,29H,9-10,12,14H2,1H3,(H,27,28). The lowest BCUT2D eigenvalue weighted by molar-refractivity contribution is 0.0956. The Morgan fingerprint density at radius 1 is 1.19 bits per heavy atom. The predicted molar refractivity (Wildman–Crippen MR) is 123 cm³/mol. The zero-order chi connectivity index (χ0) is 21.7. The number of fused-ring (bicyclic) bond motifs is 1. The maximum absolute atomic E-state index is 13.1. The minimum atomic E-state index is -0.0868. The van der Waals surface area contributed by atoms with Crippen LogP contribution in [0.25, 0.3) is 10.8 Å². The fourth-order valence-electron chi connectivity index (χ4n) is 4.53. The van der Waals surface area contributed by atoms with Crippen LogP contribution in [0.1, 0.15) is 41.5 Å². The Hall–Kier alpha value is -3.61. The Bertz CT molecular complexity index is 1270. The van der Waals surface area contributed by atoms with Gasteiger partial charge in [-0.3, -0.25) is 9.89 Å². The van der Waals surface area contributed by atoms with Gasteiger partial charge in [0.25, 0.3) is 0 Å². The van der Waals surface area contributed by atoms with Gasteiger partial charge in [0.05, 0.1) is 19.0 Å². The average molecular weight is 428 g/mol. The quantitative estimate of drug-likeness (QED) is 0.393. The van der Waals surface area contributed by atoms with Gasteiger partial charge >= 0.3 is 0 Å². The Labute approximate surface area is 185 Å². The summed E-state index contributed by atoms with van der Waals surface area (Å²) in [6, 6.07) is 16.8. The van der Waals surface area contributed by atoms with Crippen molar-refractivity contribution in [3.05, 3.63) is 66.2 Å². The number of hydrogen-bond donors (Lipinski definition) is 2. The van der Waals surface area contributed by atoms with Crippen LogP contribution in [-0.4, -0.2) is 39.8 Å². The Morgan fingerprint density at radius 3 is 2.75 bits per heavy atom. The smallest absolute Gasteiger partial charge is 0.188 e. The second-order valence-electron chi connectivity index (χ2n) is 8.84. The van der Waals surface area contributed by atoms with E-state index in [-0.39, 0.29) is 17.6 Å². The first kappa shape index (κ1) is 19.1. The molecule has 2 aromatic heterocycles. The maximum Gasteiger partial charge on any atom is 0.188 e. The van der Waals surface area contributed by atoms with E-state index in [1.807, 2.05) is 12.3 Å². The molecule has 7 heteroatoms. The van der Waals surface area contributed by atoms with E-state index in [0.717, 1.165) is 30.2 Å². The van der Waals surface area contributed by atoms with Crippen LogP contribution in [0.2, 0.25) is 0 Å². The number of hydrogen-bond acceptors (Lipinski definition) is 5. The number of anilines is 2. The molecule has 2 N–H and O–H groups in total. The van der Waals surface area contributed by atoms with E-state index in [9.17, 15) is 4.79 Å². The molecule has 0 aliphatic heterocycles. The van der Waals surface area contributed by atoms with Crippen LogP contribution in [0.5, 0.6) is 5.75 Å². The van der Waals surface area contributed by atoms with Crippen LogP contribution in [0.15, 0.2) is 54.7 Å². The molecule has 2 fully saturated rings. The van der Waals surface area contributed by atoms with Gasteiger partial charge in [-0.05, 0) is 36.6 Å². The molecule has 0 bridgehead atoms. The lowest BCUT2D eigenvalue weighted by atomic mass is 10.1. The lowest BCUT2D eigenvalue weighted by Crippen LogP contribution is -2.21. The third-order valence-corrected chi connectivity index (χ3v) is 6.64. The van der Waals surface area contributed by atoms with Crippen molar-refractivity contribution in [1.29, 1.82) is 0 Å². The number of rotatable bonds is 8. The van der Waals surface area contributed by atoms with Gasteiger partial charge in [-0.25, -0.2) is 10.2 Å². The van der Waals surface area contributed by atoms with E-state index in [1.165, 1.54) is 23.6 Å². The summed E-state index contributed by atoms with van der Waals surface area (Å²) in [5.41, 5.74) is 2.51. The summed E-state index contributed by atoms with van der Waals surface area (Å²) in [5, 5.41) is 12.1. The molecule has 6 rings (SSSR count). The van der Waals surface area contributed by atoms with E-state index in [4.69, 9.17) is 4.74 Å². The van der Waals surface area contributed by atoms with Crippen molar-refractivity contribution in [2.75, 3.05) is 18.6 Å². The molecular formula is C25H25N5O2. The topological polar surface area (TPSA) is 86.9 Å². The summed E-state index contributed by atoms with van der Waals surface area (Å²) in [7, 11) is 1.60. The number of ketones is 1. The van der Waals surface area contributed by atoms with Crippen molar-refractivity contribution < 1.29 is 9.53 Å². The molecule has 7 nitrogen and oxygen atoms in total. The Morgan fingerprint density at radius 2 is 2.00 bits per heavy atom. The highest BCUT2D eigenvalue weighted by Crippen LogP contribution is 2.48. The van der Waals surface area contributed by atoms with Gasteiger partial charge in [-0.15, -0.1) is 5.10 Å². The normalized spacial score (nSPS) is 19.8. The second-order valence-corrected chi connectivity index (χ2v) is 8.84. The number of benzene rings is 2. The van der Waals surface area contributed by atoms with Gasteiger partial charge in [-0.2, -0.15) is 0 Å². The van der Waals surface area contributed by atoms with E-state index in [0.29, 0.717) is 17.4 Å². The number of carbonyl (C=O) groups is 1. The Kier molecular flexibility index (Phi) is 4.48. The number of Topliss-reactive ketones (excluding diaryl/α,β-unsaturated/α-hetero) is 1. The molecular weight excluding hydrogens is 402 g/mol. The third-order valence-electron chi connectivity index (χ3n) is 6.64. The van der Waals surface area contributed by atoms with Crippen LogP contribution >= 0.6 is 0 Å². The highest BCUT2D eigenvalue weighted by molar-refractivity contribution is 6.01. The van der Waals surface area contributed by atoms with Crippen molar-refractivity contribution in [2.45, 2.75) is 25.2 Å². The maximum atomic E-state index is 13.1. The van der Waals surface area contributed by atoms with Crippen LogP contribution < -0.4 is 9.64 Å². The number of carbonyl (C=O) groups excluding carboxylic acids is 1. The zero-order valence-electron chi connectivity index (χ0n) is 17.9. The summed E-state index contributed by atoms with van der Waals surface area (Å²) < 4.78 is 5.65. The van der Waals surface area contributed by atoms with Crippen molar-refractivity contribution in [1.82, 2.24) is 20.4 Å². The van der Waals surface area contributed by atoms with Gasteiger partial charge in [0.1, 0.15) is 17.3 Å². The molecule has 2 atom stereocenters. The molecule has 2 aliphatic carbocycles. The predicted octanol–water partition coefficient (Wildman–Crippen LogP) is 4.83. The van der Waals surface area contributed by atoms with Gasteiger partial charge < -0.3 is 9.64 Å². The van der Waals surface area contributed by atoms with Crippen LogP contribution in [0.4, 0.5) is 11.4 Å². The van der Waals surface area contributed by atoms with Gasteiger partial charge in [0.15, 0.2) is 5.78 Å². The number of pyridine rings is 1. The number of aromatic nitrogens is 4. The molecule has 0 saturated heterocycles. The number of aromatic amines is 2. The minimum Gasteiger partial charge on any atom is -0.494 e. The van der Waals surface area contributed by atoms with Crippen LogP contribution in [0.3, 0.4) is 0 Å². The fourth-order valence-corrected chi connectivity index (χ4v) is 4.53. The number of ether oxygens (including phenoxy) is 1. The molecule has 0 spiro atoms. The fraction of sp³-hybridized carbons (Fsp3) is 0.320. The van der Waals surface area contributed by atoms with Crippen LogP contribution in [-0.2, 0) is 0 Å². The Balaban J connectivity index is 1.36. The molecule has 2 aromatic carbocycles. The monoisotopic (exact) mass is 427 g/mol. The third kappa shape index (κ3) is 3.34. The SMILES string of the molecule is COc1cc(N(CC2CC2)c2cccc3ccccc23)cnc1C(=O)C1CC1c1n[nH][nH]1. The molecule has 2 saturated carbocycles. The molecule has 32 heavy (non-hydrogen) atoms. The first-order valence-corrected chi connectivity index (χ1v) is 11.1. The zero-order valence-corrected chi connectivity index (χ0v) is 17.9. The first-order valence-electron chi connectivity index (χ1n) is 11.1. The first-order chi connectivity index (χ1) is 15.7. The highest BCUT2D eigenvalue weighted by atomic mass is 16.5. The molecule has 4 aromatic rings. The number of nitrogens with zero attached hydrogens (tertiary/aromatic N) is 3. The summed E-state index contributed by atoms with van der Waals surface area (Å²) in [5.74, 6) is 2.14. The molecule has 162 valence electrons. The van der Waals surface area contributed by atoms with Gasteiger partial charge in [0.2, 0.25) is 0 Å². The van der Waals surface area contributed by atoms with E-state index < -0.39 is 0 Å². The summed E-state index contributed by atoms with van der Waals surface area (Å²) in [4.78, 5) is 20.0. The van der Waals surface area contributed by atoms with Crippen LogP contribution in [0, 0.1) is 11.8 Å². The molecule has 2 aliphatic rings. The summed E-state index contributed by atoms with van der Waals surface area (Å²) in [6.45, 7) is 0.926. The summed E-state index contributed by atoms with van der Waals surface area (Å²) >= 11 is 0. The van der Waals surface area contributed by atoms with Crippen molar-refractivity contribution in [2.24, 2.45) is 11.8 Å². The number of nitrogens with one attached hydrogen (secondary N) is 2. The van der Waals surface area contributed by atoms with E-state index in [2.05, 4.69) is 67.8 Å². The van der Waals surface area contributed by atoms with Gasteiger partial charge in [0, 0.05) is 35.5 Å². The molecule has 0 amide bonds. The average Bonchev–Trinajstić information content (AvgIpc) is 3.72. The van der Waals surface area contributed by atoms with Crippen molar-refractivity contribution in [3.63, 3.8) is 0 Å². The molecule has 2 unspecified atom stereocenters.